The predicted octanol–water partition coefficient (Wildman–Crippen LogP) is 3.10. The first-order valence-corrected chi connectivity index (χ1v) is 5.41. The predicted molar refractivity (Wildman–Crippen MR) is 59.4 cm³/mol. The molecular weight excluding hydrogens is 244 g/mol. The Morgan fingerprint density at radius 3 is 2.86 bits per heavy atom. The SMILES string of the molecule is CCC[C@@H](O)c1cccc(C=O)c1Br. The average Bonchev–Trinajstić information content (AvgIpc) is 2.18. The fourth-order valence-electron chi connectivity index (χ4n) is 1.35. The fourth-order valence-corrected chi connectivity index (χ4v) is 1.97. The van der Waals surface area contributed by atoms with Crippen LogP contribution in [-0.2, 0) is 0 Å². The second-order valence-electron chi connectivity index (χ2n) is 3.17. The number of carbonyl (C=O) groups is 1. The zero-order valence-electron chi connectivity index (χ0n) is 8.03. The van der Waals surface area contributed by atoms with Gasteiger partial charge in [-0.25, -0.2) is 0 Å². The van der Waals surface area contributed by atoms with Gasteiger partial charge in [0.1, 0.15) is 0 Å². The highest BCUT2D eigenvalue weighted by molar-refractivity contribution is 9.10. The van der Waals surface area contributed by atoms with E-state index in [2.05, 4.69) is 15.9 Å². The fraction of sp³-hybridized carbons (Fsp3) is 0.364. The number of aliphatic hydroxyl groups excluding tert-OH is 1. The van der Waals surface area contributed by atoms with Gasteiger partial charge in [0.05, 0.1) is 6.10 Å². The van der Waals surface area contributed by atoms with E-state index in [4.69, 9.17) is 0 Å². The van der Waals surface area contributed by atoms with Crippen LogP contribution in [-0.4, -0.2) is 11.4 Å². The van der Waals surface area contributed by atoms with Crippen LogP contribution in [0.25, 0.3) is 0 Å². The standard InChI is InChI=1S/C11H13BrO2/c1-2-4-10(14)9-6-3-5-8(7-13)11(9)12/h3,5-7,10,14H,2,4H2,1H3/t10-/m1/s1. The Hall–Kier alpha value is -0.670. The molecule has 0 saturated carbocycles. The van der Waals surface area contributed by atoms with Crippen LogP contribution >= 0.6 is 15.9 Å². The number of benzene rings is 1. The molecular formula is C11H13BrO2. The van der Waals surface area contributed by atoms with Crippen molar-refractivity contribution in [1.29, 1.82) is 0 Å². The van der Waals surface area contributed by atoms with Crippen LogP contribution in [0, 0.1) is 0 Å². The van der Waals surface area contributed by atoms with Crippen molar-refractivity contribution in [3.05, 3.63) is 33.8 Å². The van der Waals surface area contributed by atoms with Crippen LogP contribution in [0.4, 0.5) is 0 Å². The third kappa shape index (κ3) is 2.42. The lowest BCUT2D eigenvalue weighted by atomic mass is 10.0. The maximum atomic E-state index is 10.6. The molecule has 0 aliphatic carbocycles. The highest BCUT2D eigenvalue weighted by atomic mass is 79.9. The normalized spacial score (nSPS) is 12.5. The number of rotatable bonds is 4. The van der Waals surface area contributed by atoms with Crippen molar-refractivity contribution in [1.82, 2.24) is 0 Å². The number of halogens is 1. The van der Waals surface area contributed by atoms with Gasteiger partial charge in [0.2, 0.25) is 0 Å². The zero-order valence-corrected chi connectivity index (χ0v) is 9.62. The van der Waals surface area contributed by atoms with Crippen LogP contribution in [0.2, 0.25) is 0 Å². The Balaban J connectivity index is 3.02. The molecule has 1 atom stereocenters. The van der Waals surface area contributed by atoms with Gasteiger partial charge in [0.25, 0.3) is 0 Å². The molecule has 2 nitrogen and oxygen atoms in total. The molecule has 0 spiro atoms. The maximum absolute atomic E-state index is 10.6. The molecule has 14 heavy (non-hydrogen) atoms. The minimum atomic E-state index is -0.491. The number of hydrogen-bond acceptors (Lipinski definition) is 2. The van der Waals surface area contributed by atoms with Gasteiger partial charge in [0, 0.05) is 10.0 Å². The summed E-state index contributed by atoms with van der Waals surface area (Å²) in [5.74, 6) is 0. The lowest BCUT2D eigenvalue weighted by molar-refractivity contribution is 0.112. The van der Waals surface area contributed by atoms with E-state index in [9.17, 15) is 9.90 Å². The van der Waals surface area contributed by atoms with Crippen molar-refractivity contribution in [2.75, 3.05) is 0 Å². The zero-order chi connectivity index (χ0) is 10.6. The van der Waals surface area contributed by atoms with Gasteiger partial charge in [-0.3, -0.25) is 4.79 Å². The quantitative estimate of drug-likeness (QED) is 0.841. The molecule has 1 rings (SSSR count). The van der Waals surface area contributed by atoms with Crippen molar-refractivity contribution in [3.63, 3.8) is 0 Å². The van der Waals surface area contributed by atoms with E-state index in [0.29, 0.717) is 16.5 Å². The van der Waals surface area contributed by atoms with Gasteiger partial charge >= 0.3 is 0 Å². The highest BCUT2D eigenvalue weighted by Gasteiger charge is 2.12. The molecule has 1 N–H and O–H groups in total. The van der Waals surface area contributed by atoms with E-state index in [-0.39, 0.29) is 0 Å². The minimum absolute atomic E-state index is 0.491. The van der Waals surface area contributed by atoms with Crippen LogP contribution in [0.1, 0.15) is 41.8 Å². The molecule has 0 bridgehead atoms. The smallest absolute Gasteiger partial charge is 0.151 e. The van der Waals surface area contributed by atoms with Gasteiger partial charge in [0.15, 0.2) is 6.29 Å². The summed E-state index contributed by atoms with van der Waals surface area (Å²) in [6, 6.07) is 5.33. The molecule has 0 aliphatic heterocycles. The molecule has 0 radical (unpaired) electrons. The molecule has 3 heteroatoms. The highest BCUT2D eigenvalue weighted by Crippen LogP contribution is 2.28. The van der Waals surface area contributed by atoms with Crippen LogP contribution < -0.4 is 0 Å². The Labute approximate surface area is 92.1 Å². The van der Waals surface area contributed by atoms with Crippen LogP contribution in [0.3, 0.4) is 0 Å². The monoisotopic (exact) mass is 256 g/mol. The molecule has 76 valence electrons. The lowest BCUT2D eigenvalue weighted by Crippen LogP contribution is -1.99. The summed E-state index contributed by atoms with van der Waals surface area (Å²) in [5, 5.41) is 9.78. The largest absolute Gasteiger partial charge is 0.388 e. The second-order valence-corrected chi connectivity index (χ2v) is 3.97. The summed E-state index contributed by atoms with van der Waals surface area (Å²) in [6.07, 6.45) is 1.92. The van der Waals surface area contributed by atoms with Gasteiger partial charge in [-0.05, 0) is 27.9 Å². The van der Waals surface area contributed by atoms with Crippen molar-refractivity contribution in [2.45, 2.75) is 25.9 Å². The number of aliphatic hydroxyl groups is 1. The summed E-state index contributed by atoms with van der Waals surface area (Å²) in [5.41, 5.74) is 1.37. The summed E-state index contributed by atoms with van der Waals surface area (Å²) in [7, 11) is 0. The van der Waals surface area contributed by atoms with Crippen molar-refractivity contribution >= 4 is 22.2 Å². The van der Waals surface area contributed by atoms with E-state index in [1.165, 1.54) is 0 Å². The van der Waals surface area contributed by atoms with E-state index in [0.717, 1.165) is 18.3 Å². The van der Waals surface area contributed by atoms with Crippen molar-refractivity contribution < 1.29 is 9.90 Å². The number of aldehydes is 1. The molecule has 1 aromatic rings. The average molecular weight is 257 g/mol. The minimum Gasteiger partial charge on any atom is -0.388 e. The molecule has 0 heterocycles. The first kappa shape index (κ1) is 11.4. The Kier molecular flexibility index (Phi) is 4.29. The van der Waals surface area contributed by atoms with Gasteiger partial charge in [-0.1, -0.05) is 31.5 Å². The molecule has 1 aromatic carbocycles. The van der Waals surface area contributed by atoms with Gasteiger partial charge in [-0.2, -0.15) is 0 Å². The van der Waals surface area contributed by atoms with E-state index < -0.39 is 6.10 Å². The van der Waals surface area contributed by atoms with E-state index in [1.807, 2.05) is 13.0 Å². The van der Waals surface area contributed by atoms with Crippen molar-refractivity contribution in [2.24, 2.45) is 0 Å². The third-order valence-electron chi connectivity index (χ3n) is 2.11. The van der Waals surface area contributed by atoms with Gasteiger partial charge < -0.3 is 5.11 Å². The first-order valence-electron chi connectivity index (χ1n) is 4.62. The summed E-state index contributed by atoms with van der Waals surface area (Å²) in [4.78, 5) is 10.6. The third-order valence-corrected chi connectivity index (χ3v) is 3.02. The topological polar surface area (TPSA) is 37.3 Å². The Morgan fingerprint density at radius 2 is 2.29 bits per heavy atom. The lowest BCUT2D eigenvalue weighted by Gasteiger charge is -2.12. The summed E-state index contributed by atoms with van der Waals surface area (Å²) >= 11 is 3.32. The van der Waals surface area contributed by atoms with Crippen LogP contribution in [0.15, 0.2) is 22.7 Å². The molecule has 0 fully saturated rings. The second kappa shape index (κ2) is 5.27. The molecule has 0 unspecified atom stereocenters. The van der Waals surface area contributed by atoms with Crippen LogP contribution in [0.5, 0.6) is 0 Å². The van der Waals surface area contributed by atoms with E-state index in [1.54, 1.807) is 12.1 Å². The van der Waals surface area contributed by atoms with Gasteiger partial charge in [-0.15, -0.1) is 0 Å². The maximum Gasteiger partial charge on any atom is 0.151 e. The van der Waals surface area contributed by atoms with E-state index >= 15 is 0 Å². The summed E-state index contributed by atoms with van der Waals surface area (Å²) < 4.78 is 0.705. The summed E-state index contributed by atoms with van der Waals surface area (Å²) in [6.45, 7) is 2.01. The Bertz CT molecular complexity index is 323. The number of carbonyl (C=O) groups excluding carboxylic acids is 1. The molecule has 0 aliphatic rings. The Morgan fingerprint density at radius 1 is 1.57 bits per heavy atom. The molecule has 0 saturated heterocycles. The number of hydrogen-bond donors (Lipinski definition) is 1. The molecule has 0 amide bonds. The first-order chi connectivity index (χ1) is 6.70. The molecule has 0 aromatic heterocycles. The van der Waals surface area contributed by atoms with Crippen molar-refractivity contribution in [3.8, 4) is 0 Å².